The van der Waals surface area contributed by atoms with E-state index in [2.05, 4.69) is 15.3 Å². The zero-order valence-electron chi connectivity index (χ0n) is 10.8. The highest BCUT2D eigenvalue weighted by atomic mass is 32.1. The van der Waals surface area contributed by atoms with Crippen molar-refractivity contribution in [2.24, 2.45) is 5.73 Å². The molecule has 2 aromatic rings. The number of aromatic nitrogens is 4. The Labute approximate surface area is 114 Å². The number of nitrogens with zero attached hydrogens (tertiary/aromatic N) is 4. The average Bonchev–Trinajstić information content (AvgIpc) is 3.09. The van der Waals surface area contributed by atoms with E-state index in [1.165, 1.54) is 11.3 Å². The Hall–Kier alpha value is -1.09. The second-order valence-electron chi connectivity index (χ2n) is 4.58. The third-order valence-corrected chi connectivity index (χ3v) is 4.23. The molecule has 0 radical (unpaired) electrons. The van der Waals surface area contributed by atoms with E-state index in [0.717, 1.165) is 41.7 Å². The molecule has 1 aliphatic heterocycles. The molecule has 3 rings (SSSR count). The van der Waals surface area contributed by atoms with Gasteiger partial charge in [0.15, 0.2) is 5.82 Å². The van der Waals surface area contributed by atoms with Crippen molar-refractivity contribution in [1.82, 2.24) is 19.8 Å². The summed E-state index contributed by atoms with van der Waals surface area (Å²) in [6.45, 7) is 1.41. The van der Waals surface area contributed by atoms with Crippen LogP contribution in [-0.4, -0.2) is 40.1 Å². The molecule has 2 N–H and O–H groups in total. The van der Waals surface area contributed by atoms with Crippen LogP contribution >= 0.6 is 11.3 Å². The molecule has 0 amide bonds. The van der Waals surface area contributed by atoms with E-state index in [-0.39, 0.29) is 12.1 Å². The van der Waals surface area contributed by atoms with E-state index in [1.807, 2.05) is 0 Å². The number of methoxy groups -OCH3 is 1. The molecule has 2 aromatic heterocycles. The molecule has 0 aliphatic carbocycles. The van der Waals surface area contributed by atoms with Gasteiger partial charge in [-0.05, 0) is 19.3 Å². The fourth-order valence-electron chi connectivity index (χ4n) is 2.15. The minimum Gasteiger partial charge on any atom is -0.385 e. The van der Waals surface area contributed by atoms with Gasteiger partial charge in [0.25, 0.3) is 0 Å². The zero-order valence-corrected chi connectivity index (χ0v) is 11.6. The lowest BCUT2D eigenvalue weighted by Gasteiger charge is -2.07. The molecule has 1 fully saturated rings. The molecule has 7 nitrogen and oxygen atoms in total. The average molecular weight is 283 g/mol. The van der Waals surface area contributed by atoms with Gasteiger partial charge in [0.05, 0.1) is 6.04 Å². The van der Waals surface area contributed by atoms with Crippen LogP contribution in [0.15, 0.2) is 0 Å². The van der Waals surface area contributed by atoms with E-state index in [4.69, 9.17) is 15.2 Å². The Bertz CT molecular complexity index is 548. The van der Waals surface area contributed by atoms with Gasteiger partial charge in [-0.15, -0.1) is 10.2 Å². The van der Waals surface area contributed by atoms with Crippen molar-refractivity contribution in [3.8, 4) is 0 Å². The van der Waals surface area contributed by atoms with Crippen molar-refractivity contribution in [3.05, 3.63) is 10.8 Å². The number of hydrogen-bond donors (Lipinski definition) is 1. The Morgan fingerprint density at radius 2 is 2.47 bits per heavy atom. The van der Waals surface area contributed by atoms with Crippen LogP contribution in [0.3, 0.4) is 0 Å². The van der Waals surface area contributed by atoms with E-state index < -0.39 is 0 Å². The predicted molar refractivity (Wildman–Crippen MR) is 70.0 cm³/mol. The van der Waals surface area contributed by atoms with Gasteiger partial charge in [-0.1, -0.05) is 11.3 Å². The first-order chi connectivity index (χ1) is 9.29. The zero-order chi connectivity index (χ0) is 13.2. The summed E-state index contributed by atoms with van der Waals surface area (Å²) in [6, 6.07) is -0.121. The van der Waals surface area contributed by atoms with Crippen LogP contribution in [0, 0.1) is 0 Å². The van der Waals surface area contributed by atoms with Crippen molar-refractivity contribution in [1.29, 1.82) is 0 Å². The quantitative estimate of drug-likeness (QED) is 0.883. The summed E-state index contributed by atoms with van der Waals surface area (Å²) in [4.78, 5) is 0.772. The highest BCUT2D eigenvalue weighted by Gasteiger charge is 2.25. The van der Waals surface area contributed by atoms with Gasteiger partial charge in [0, 0.05) is 20.3 Å². The van der Waals surface area contributed by atoms with Crippen molar-refractivity contribution >= 4 is 16.3 Å². The van der Waals surface area contributed by atoms with Crippen LogP contribution in [0.25, 0.3) is 4.96 Å². The predicted octanol–water partition coefficient (Wildman–Crippen LogP) is 1.07. The summed E-state index contributed by atoms with van der Waals surface area (Å²) in [6.07, 6.45) is 2.79. The summed E-state index contributed by atoms with van der Waals surface area (Å²) >= 11 is 1.48. The topological polar surface area (TPSA) is 87.6 Å². The summed E-state index contributed by atoms with van der Waals surface area (Å²) in [5, 5.41) is 13.7. The minimum absolute atomic E-state index is 0.0140. The second-order valence-corrected chi connectivity index (χ2v) is 5.57. The SMILES string of the molecule is COCCC(N)c1nn2c(C3CCCO3)nnc2s1. The van der Waals surface area contributed by atoms with E-state index in [1.54, 1.807) is 11.6 Å². The number of nitrogens with two attached hydrogens (primary N) is 1. The van der Waals surface area contributed by atoms with Crippen LogP contribution in [0.5, 0.6) is 0 Å². The smallest absolute Gasteiger partial charge is 0.234 e. The van der Waals surface area contributed by atoms with E-state index in [9.17, 15) is 0 Å². The van der Waals surface area contributed by atoms with Crippen molar-refractivity contribution in [2.75, 3.05) is 20.3 Å². The summed E-state index contributed by atoms with van der Waals surface area (Å²) in [5.41, 5.74) is 6.08. The first-order valence-corrected chi connectivity index (χ1v) is 7.19. The van der Waals surface area contributed by atoms with Crippen LogP contribution in [0.2, 0.25) is 0 Å². The summed E-state index contributed by atoms with van der Waals surface area (Å²) in [5.74, 6) is 0.786. The Kier molecular flexibility index (Phi) is 3.74. The maximum atomic E-state index is 6.08. The van der Waals surface area contributed by atoms with Gasteiger partial charge in [-0.2, -0.15) is 9.61 Å². The molecule has 8 heteroatoms. The molecule has 2 unspecified atom stereocenters. The fraction of sp³-hybridized carbons (Fsp3) is 0.727. The van der Waals surface area contributed by atoms with Crippen molar-refractivity contribution in [2.45, 2.75) is 31.4 Å². The Balaban J connectivity index is 1.84. The molecule has 1 aliphatic rings. The fourth-order valence-corrected chi connectivity index (χ4v) is 3.03. The number of rotatable bonds is 5. The maximum absolute atomic E-state index is 6.08. The first-order valence-electron chi connectivity index (χ1n) is 6.37. The highest BCUT2D eigenvalue weighted by molar-refractivity contribution is 7.16. The normalized spacial score (nSPS) is 21.3. The first kappa shape index (κ1) is 12.9. The number of ether oxygens (including phenoxy) is 2. The number of fused-ring (bicyclic) bond motifs is 1. The summed E-state index contributed by atoms with van der Waals surface area (Å²) < 4.78 is 12.4. The van der Waals surface area contributed by atoms with Crippen LogP contribution in [0.4, 0.5) is 0 Å². The lowest BCUT2D eigenvalue weighted by atomic mass is 10.2. The van der Waals surface area contributed by atoms with Gasteiger partial charge in [0.1, 0.15) is 11.1 Å². The largest absolute Gasteiger partial charge is 0.385 e. The van der Waals surface area contributed by atoms with E-state index in [0.29, 0.717) is 6.61 Å². The maximum Gasteiger partial charge on any atom is 0.234 e. The highest BCUT2D eigenvalue weighted by Crippen LogP contribution is 2.29. The van der Waals surface area contributed by atoms with Crippen LogP contribution < -0.4 is 5.73 Å². The molecule has 0 spiro atoms. The number of hydrogen-bond acceptors (Lipinski definition) is 7. The molecular weight excluding hydrogens is 266 g/mol. The van der Waals surface area contributed by atoms with Crippen molar-refractivity contribution in [3.63, 3.8) is 0 Å². The van der Waals surface area contributed by atoms with Gasteiger partial charge in [-0.3, -0.25) is 0 Å². The Morgan fingerprint density at radius 3 is 3.21 bits per heavy atom. The molecule has 0 bridgehead atoms. The lowest BCUT2D eigenvalue weighted by molar-refractivity contribution is 0.103. The minimum atomic E-state index is -0.121. The van der Waals surface area contributed by atoms with Gasteiger partial charge in [-0.25, -0.2) is 0 Å². The van der Waals surface area contributed by atoms with Gasteiger partial charge in [0.2, 0.25) is 4.96 Å². The molecular formula is C11H17N5O2S. The molecule has 1 saturated heterocycles. The standard InChI is InChI=1S/C11H17N5O2S/c1-17-6-4-7(12)10-15-16-9(8-3-2-5-18-8)13-14-11(16)19-10/h7-8H,2-6,12H2,1H3. The van der Waals surface area contributed by atoms with Crippen LogP contribution in [-0.2, 0) is 9.47 Å². The molecule has 19 heavy (non-hydrogen) atoms. The molecule has 0 saturated carbocycles. The van der Waals surface area contributed by atoms with Crippen LogP contribution in [0.1, 0.15) is 42.2 Å². The molecule has 104 valence electrons. The Morgan fingerprint density at radius 1 is 1.58 bits per heavy atom. The lowest BCUT2D eigenvalue weighted by Crippen LogP contribution is -2.13. The molecule has 2 atom stereocenters. The molecule has 0 aromatic carbocycles. The van der Waals surface area contributed by atoms with Gasteiger partial charge < -0.3 is 15.2 Å². The second kappa shape index (κ2) is 5.49. The summed E-state index contributed by atoms with van der Waals surface area (Å²) in [7, 11) is 1.67. The van der Waals surface area contributed by atoms with Gasteiger partial charge >= 0.3 is 0 Å². The third kappa shape index (κ3) is 2.48. The van der Waals surface area contributed by atoms with E-state index >= 15 is 0 Å². The monoisotopic (exact) mass is 283 g/mol. The van der Waals surface area contributed by atoms with Crippen molar-refractivity contribution < 1.29 is 9.47 Å². The third-order valence-electron chi connectivity index (χ3n) is 3.20. The molecule has 3 heterocycles.